The number of hydrogen-bond donors (Lipinski definition) is 1. The van der Waals surface area contributed by atoms with Crippen LogP contribution in [0, 0.1) is 0 Å². The Morgan fingerprint density at radius 3 is 0.750 bits per heavy atom. The van der Waals surface area contributed by atoms with E-state index < -0.39 is 0 Å². The normalized spacial score (nSPS) is 0. The summed E-state index contributed by atoms with van der Waals surface area (Å²) >= 11 is 0. The van der Waals surface area contributed by atoms with Gasteiger partial charge in [-0.3, -0.25) is 0 Å². The van der Waals surface area contributed by atoms with Crippen LogP contribution in [-0.4, -0.2) is 0 Å². The first-order chi connectivity index (χ1) is 0. The van der Waals surface area contributed by atoms with E-state index in [0.717, 1.165) is 0 Å². The molecule has 0 radical (unpaired) electrons. The Morgan fingerprint density at radius 1 is 0.750 bits per heavy atom. The fourth-order valence-corrected chi connectivity index (χ4v) is 0. The zero-order chi connectivity index (χ0) is 0. The quantitative estimate of drug-likeness (QED) is 0.364. The van der Waals surface area contributed by atoms with E-state index in [1.54, 1.807) is 0 Å². The van der Waals surface area contributed by atoms with Gasteiger partial charge in [-0.25, -0.2) is 0 Å². The fraction of sp³-hybridized carbons (Fsp3) is 0. The summed E-state index contributed by atoms with van der Waals surface area (Å²) in [5, 5.41) is 0. The largest absolute Gasteiger partial charge is 1.00 e. The average Bonchev–Trinajstić information content (AvgIpc) is 0. The average molecular weight is 185 g/mol. The zero-order valence-electron chi connectivity index (χ0n) is 2.76. The predicted octanol–water partition coefficient (Wildman–Crippen LogP) is -8.61. The molecular formula is H4Br2LiN. The monoisotopic (exact) mass is 183 g/mol. The maximum absolute atomic E-state index is 0. The Kier molecular flexibility index (Phi) is 297. The summed E-state index contributed by atoms with van der Waals surface area (Å²) in [5.41, 5.74) is 0. The minimum Gasteiger partial charge on any atom is -1.00 e. The van der Waals surface area contributed by atoms with Gasteiger partial charge in [0.05, 0.1) is 0 Å². The second-order valence-electron chi connectivity index (χ2n) is 0. The summed E-state index contributed by atoms with van der Waals surface area (Å²) in [6, 6.07) is 0. The van der Waals surface area contributed by atoms with Gasteiger partial charge in [0.25, 0.3) is 0 Å². The van der Waals surface area contributed by atoms with Crippen LogP contribution in [-0.2, 0) is 0 Å². The second-order valence-corrected chi connectivity index (χ2v) is 0. The van der Waals surface area contributed by atoms with Crippen molar-refractivity contribution in [2.75, 3.05) is 0 Å². The van der Waals surface area contributed by atoms with Gasteiger partial charge >= 0.3 is 18.9 Å². The molecule has 0 saturated heterocycles. The molecule has 4 heavy (non-hydrogen) atoms. The van der Waals surface area contributed by atoms with E-state index in [1.165, 1.54) is 0 Å². The molecule has 0 unspecified atom stereocenters. The Labute approximate surface area is 58.8 Å². The predicted molar refractivity (Wildman–Crippen MR) is 5.98 cm³/mol. The Balaban J connectivity index is 0. The maximum Gasteiger partial charge on any atom is 1.00 e. The molecule has 0 heterocycles. The van der Waals surface area contributed by atoms with E-state index >= 15 is 0 Å². The molecule has 24 valence electrons. The molecule has 4 heteroatoms. The van der Waals surface area contributed by atoms with Gasteiger partial charge < -0.3 is 40.1 Å². The molecule has 0 rings (SSSR count). The van der Waals surface area contributed by atoms with Gasteiger partial charge in [-0.1, -0.05) is 0 Å². The van der Waals surface area contributed by atoms with E-state index in [4.69, 9.17) is 0 Å². The Morgan fingerprint density at radius 2 is 0.750 bits per heavy atom. The molecule has 0 amide bonds. The molecule has 0 aliphatic heterocycles. The second kappa shape index (κ2) is 24.3. The van der Waals surface area contributed by atoms with Gasteiger partial charge in [0.15, 0.2) is 0 Å². The smallest absolute Gasteiger partial charge is 1.00 e. The van der Waals surface area contributed by atoms with Crippen LogP contribution in [0.1, 0.15) is 0 Å². The molecular weight excluding hydrogens is 181 g/mol. The van der Waals surface area contributed by atoms with Gasteiger partial charge in [-0.05, 0) is 0 Å². The Hall–Kier alpha value is 1.52. The van der Waals surface area contributed by atoms with E-state index in [9.17, 15) is 0 Å². The summed E-state index contributed by atoms with van der Waals surface area (Å²) in [6.45, 7) is 0. The van der Waals surface area contributed by atoms with E-state index in [1.807, 2.05) is 0 Å². The number of rotatable bonds is 0. The number of quaternary nitrogens is 1. The summed E-state index contributed by atoms with van der Waals surface area (Å²) in [7, 11) is 0. The van der Waals surface area contributed by atoms with Crippen molar-refractivity contribution in [1.29, 1.82) is 0 Å². The topological polar surface area (TPSA) is 36.5 Å². The minimum absolute atomic E-state index is 0. The van der Waals surface area contributed by atoms with E-state index in [2.05, 4.69) is 0 Å². The molecule has 4 N–H and O–H groups in total. The van der Waals surface area contributed by atoms with Gasteiger partial charge in [-0.2, -0.15) is 0 Å². The molecule has 1 nitrogen and oxygen atoms in total. The van der Waals surface area contributed by atoms with Crippen LogP contribution in [0.4, 0.5) is 0 Å². The summed E-state index contributed by atoms with van der Waals surface area (Å²) in [6.07, 6.45) is 0. The Bertz CT molecular complexity index is 6.00. The van der Waals surface area contributed by atoms with Crippen molar-refractivity contribution >= 4 is 0 Å². The molecule has 0 saturated carbocycles. The van der Waals surface area contributed by atoms with Crippen molar-refractivity contribution in [3.8, 4) is 0 Å². The summed E-state index contributed by atoms with van der Waals surface area (Å²) < 4.78 is 0. The molecule has 0 aliphatic carbocycles. The molecule has 0 aromatic heterocycles. The first-order valence-corrected chi connectivity index (χ1v) is 0. The SMILES string of the molecule is [Br-].[Br-].[Li+].[NH4+]. The maximum atomic E-state index is 0. The minimum atomic E-state index is 0. The molecule has 0 aromatic rings. The number of halogens is 2. The molecule has 0 spiro atoms. The van der Waals surface area contributed by atoms with Crippen molar-refractivity contribution in [2.24, 2.45) is 0 Å². The van der Waals surface area contributed by atoms with Crippen LogP contribution in [0.5, 0.6) is 0 Å². The standard InChI is InChI=1S/2BrH.Li.H3N/h2*1H;;1H3/q;;+1;/p-1. The van der Waals surface area contributed by atoms with Crippen LogP contribution >= 0.6 is 0 Å². The van der Waals surface area contributed by atoms with Crippen LogP contribution in [0.25, 0.3) is 0 Å². The van der Waals surface area contributed by atoms with Gasteiger partial charge in [0.2, 0.25) is 0 Å². The first-order valence-electron chi connectivity index (χ1n) is 0. The van der Waals surface area contributed by atoms with Gasteiger partial charge in [0, 0.05) is 0 Å². The van der Waals surface area contributed by atoms with Crippen molar-refractivity contribution in [3.63, 3.8) is 0 Å². The fourth-order valence-electron chi connectivity index (χ4n) is 0. The third kappa shape index (κ3) is 9.68. The molecule has 0 atom stereocenters. The van der Waals surface area contributed by atoms with Crippen LogP contribution < -0.4 is 59.0 Å². The third-order valence-electron chi connectivity index (χ3n) is 0. The van der Waals surface area contributed by atoms with Gasteiger partial charge in [-0.15, -0.1) is 0 Å². The van der Waals surface area contributed by atoms with E-state index in [-0.39, 0.29) is 59.0 Å². The van der Waals surface area contributed by atoms with Crippen LogP contribution in [0.3, 0.4) is 0 Å². The van der Waals surface area contributed by atoms with Crippen molar-refractivity contribution in [1.82, 2.24) is 6.15 Å². The zero-order valence-corrected chi connectivity index (χ0v) is 5.93. The summed E-state index contributed by atoms with van der Waals surface area (Å²) in [5.74, 6) is 0. The number of hydrogen-bond acceptors (Lipinski definition) is 0. The van der Waals surface area contributed by atoms with Crippen molar-refractivity contribution in [3.05, 3.63) is 0 Å². The van der Waals surface area contributed by atoms with Gasteiger partial charge in [0.1, 0.15) is 0 Å². The van der Waals surface area contributed by atoms with Crippen molar-refractivity contribution < 1.29 is 52.8 Å². The molecule has 0 aliphatic rings. The summed E-state index contributed by atoms with van der Waals surface area (Å²) in [4.78, 5) is 0. The van der Waals surface area contributed by atoms with Crippen molar-refractivity contribution in [2.45, 2.75) is 0 Å². The molecule has 0 aromatic carbocycles. The molecule has 0 bridgehead atoms. The van der Waals surface area contributed by atoms with Crippen LogP contribution in [0.15, 0.2) is 0 Å². The first kappa shape index (κ1) is 48.9. The van der Waals surface area contributed by atoms with Crippen LogP contribution in [0.2, 0.25) is 0 Å². The third-order valence-corrected chi connectivity index (χ3v) is 0. The molecule has 0 fully saturated rings. The van der Waals surface area contributed by atoms with E-state index in [0.29, 0.717) is 0 Å².